The first kappa shape index (κ1) is 13.7. The number of amides is 2. The summed E-state index contributed by atoms with van der Waals surface area (Å²) in [6.45, 7) is 7.09. The summed E-state index contributed by atoms with van der Waals surface area (Å²) in [5.41, 5.74) is -0.679. The van der Waals surface area contributed by atoms with Crippen LogP contribution in [-0.2, 0) is 19.2 Å². The fraction of sp³-hybridized carbons (Fsp3) is 0.750. The molecule has 1 rings (SSSR count). The lowest BCUT2D eigenvalue weighted by Crippen LogP contribution is -2.38. The molecule has 1 fully saturated rings. The van der Waals surface area contributed by atoms with Crippen molar-refractivity contribution in [2.45, 2.75) is 47.0 Å². The van der Waals surface area contributed by atoms with Crippen molar-refractivity contribution >= 4 is 17.8 Å². The van der Waals surface area contributed by atoms with E-state index in [1.165, 1.54) is 0 Å². The number of imide groups is 1. The second-order valence-corrected chi connectivity index (χ2v) is 5.14. The summed E-state index contributed by atoms with van der Waals surface area (Å²) >= 11 is 0. The third-order valence-corrected chi connectivity index (χ3v) is 2.93. The van der Waals surface area contributed by atoms with Crippen LogP contribution in [-0.4, -0.2) is 22.8 Å². The van der Waals surface area contributed by atoms with E-state index in [2.05, 4.69) is 0 Å². The first-order valence-electron chi connectivity index (χ1n) is 5.88. The maximum atomic E-state index is 11.8. The highest BCUT2D eigenvalue weighted by Crippen LogP contribution is 2.27. The third-order valence-electron chi connectivity index (χ3n) is 2.93. The first-order chi connectivity index (χ1) is 7.79. The van der Waals surface area contributed by atoms with E-state index in [0.717, 1.165) is 6.42 Å². The molecule has 0 aromatic carbocycles. The normalized spacial score (nSPS) is 20.9. The van der Waals surface area contributed by atoms with Crippen LogP contribution in [0, 0.1) is 11.3 Å². The molecule has 0 aromatic heterocycles. The van der Waals surface area contributed by atoms with Gasteiger partial charge in [-0.1, -0.05) is 20.3 Å². The molecule has 17 heavy (non-hydrogen) atoms. The van der Waals surface area contributed by atoms with Crippen molar-refractivity contribution in [3.8, 4) is 0 Å². The highest BCUT2D eigenvalue weighted by atomic mass is 16.7. The summed E-state index contributed by atoms with van der Waals surface area (Å²) in [7, 11) is 0. The van der Waals surface area contributed by atoms with Crippen molar-refractivity contribution in [1.82, 2.24) is 5.06 Å². The Hall–Kier alpha value is -1.39. The molecule has 0 saturated carbocycles. The molecule has 96 valence electrons. The summed E-state index contributed by atoms with van der Waals surface area (Å²) in [6, 6.07) is 0. The number of carbonyl (C=O) groups excluding carboxylic acids is 3. The average Bonchev–Trinajstić information content (AvgIpc) is 2.45. The van der Waals surface area contributed by atoms with Crippen molar-refractivity contribution in [2.24, 2.45) is 11.3 Å². The fourth-order valence-electron chi connectivity index (χ4n) is 1.78. The maximum absolute atomic E-state index is 11.8. The first-order valence-corrected chi connectivity index (χ1v) is 5.88. The minimum Gasteiger partial charge on any atom is -0.330 e. The molecular formula is C12H19NO4. The molecule has 0 aliphatic carbocycles. The number of nitrogens with zero attached hydrogens (tertiary/aromatic N) is 1. The summed E-state index contributed by atoms with van der Waals surface area (Å²) in [5, 5.41) is 0.615. The van der Waals surface area contributed by atoms with E-state index in [4.69, 9.17) is 4.84 Å². The zero-order chi connectivity index (χ0) is 13.2. The molecule has 1 aliphatic heterocycles. The van der Waals surface area contributed by atoms with Crippen LogP contribution >= 0.6 is 0 Å². The smallest absolute Gasteiger partial charge is 0.330 e. The van der Waals surface area contributed by atoms with Crippen LogP contribution in [0.25, 0.3) is 0 Å². The topological polar surface area (TPSA) is 63.7 Å². The predicted molar refractivity (Wildman–Crippen MR) is 60.4 cm³/mol. The van der Waals surface area contributed by atoms with Crippen LogP contribution in [0.2, 0.25) is 0 Å². The molecule has 1 atom stereocenters. The second-order valence-electron chi connectivity index (χ2n) is 5.14. The molecule has 1 unspecified atom stereocenters. The summed E-state index contributed by atoms with van der Waals surface area (Å²) < 4.78 is 0. The van der Waals surface area contributed by atoms with Crippen molar-refractivity contribution in [2.75, 3.05) is 0 Å². The van der Waals surface area contributed by atoms with Crippen LogP contribution in [0.3, 0.4) is 0 Å². The molecule has 2 amide bonds. The van der Waals surface area contributed by atoms with Gasteiger partial charge in [0.25, 0.3) is 11.8 Å². The lowest BCUT2D eigenvalue weighted by molar-refractivity contribution is -0.205. The lowest BCUT2D eigenvalue weighted by atomic mass is 9.88. The molecule has 1 heterocycles. The van der Waals surface area contributed by atoms with Crippen LogP contribution in [0.5, 0.6) is 0 Å². The molecule has 1 aliphatic rings. The van der Waals surface area contributed by atoms with Gasteiger partial charge in [-0.15, -0.1) is 5.06 Å². The van der Waals surface area contributed by atoms with Crippen molar-refractivity contribution in [3.63, 3.8) is 0 Å². The number of hydrogen-bond donors (Lipinski definition) is 0. The molecule has 0 N–H and O–H groups in total. The maximum Gasteiger partial charge on any atom is 0.338 e. The highest BCUT2D eigenvalue weighted by molar-refractivity contribution is 6.03. The Balaban J connectivity index is 2.69. The van der Waals surface area contributed by atoms with Crippen molar-refractivity contribution in [1.29, 1.82) is 0 Å². The van der Waals surface area contributed by atoms with Gasteiger partial charge in [0.2, 0.25) is 0 Å². The molecule has 0 aromatic rings. The van der Waals surface area contributed by atoms with Gasteiger partial charge >= 0.3 is 5.97 Å². The Morgan fingerprint density at radius 1 is 1.47 bits per heavy atom. The van der Waals surface area contributed by atoms with E-state index in [1.54, 1.807) is 20.8 Å². The zero-order valence-electron chi connectivity index (χ0n) is 10.8. The number of hydroxylamine groups is 2. The van der Waals surface area contributed by atoms with Gasteiger partial charge in [0, 0.05) is 12.3 Å². The predicted octanol–water partition coefficient (Wildman–Crippen LogP) is 1.67. The minimum atomic E-state index is -0.679. The summed E-state index contributed by atoms with van der Waals surface area (Å²) in [4.78, 5) is 39.8. The monoisotopic (exact) mass is 241 g/mol. The van der Waals surface area contributed by atoms with E-state index in [-0.39, 0.29) is 6.42 Å². The van der Waals surface area contributed by atoms with Gasteiger partial charge < -0.3 is 4.84 Å². The Labute approximate surface area is 101 Å². The van der Waals surface area contributed by atoms with E-state index >= 15 is 0 Å². The summed E-state index contributed by atoms with van der Waals surface area (Å²) in [5.74, 6) is -1.81. The third kappa shape index (κ3) is 2.84. The van der Waals surface area contributed by atoms with E-state index in [1.807, 2.05) is 6.92 Å². The van der Waals surface area contributed by atoms with Crippen LogP contribution in [0.15, 0.2) is 0 Å². The van der Waals surface area contributed by atoms with Crippen LogP contribution in [0.4, 0.5) is 0 Å². The van der Waals surface area contributed by atoms with Gasteiger partial charge in [0.05, 0.1) is 5.41 Å². The minimum absolute atomic E-state index is 0.111. The van der Waals surface area contributed by atoms with Gasteiger partial charge in [-0.05, 0) is 20.3 Å². The highest BCUT2D eigenvalue weighted by Gasteiger charge is 2.41. The molecule has 5 nitrogen and oxygen atoms in total. The quantitative estimate of drug-likeness (QED) is 0.702. The van der Waals surface area contributed by atoms with Gasteiger partial charge in [0.1, 0.15) is 0 Å². The van der Waals surface area contributed by atoms with Gasteiger partial charge in [-0.25, -0.2) is 4.79 Å². The molecule has 0 radical (unpaired) electrons. The Bertz CT molecular complexity index is 348. The van der Waals surface area contributed by atoms with Gasteiger partial charge in [0.15, 0.2) is 0 Å². The molecule has 1 saturated heterocycles. The van der Waals surface area contributed by atoms with Crippen LogP contribution < -0.4 is 0 Å². The lowest BCUT2D eigenvalue weighted by Gasteiger charge is -2.23. The van der Waals surface area contributed by atoms with Crippen molar-refractivity contribution < 1.29 is 19.2 Å². The number of rotatable bonds is 4. The fourth-order valence-corrected chi connectivity index (χ4v) is 1.78. The Kier molecular flexibility index (Phi) is 3.91. The molecule has 0 spiro atoms. The van der Waals surface area contributed by atoms with E-state index in [9.17, 15) is 14.4 Å². The Morgan fingerprint density at radius 3 is 2.47 bits per heavy atom. The van der Waals surface area contributed by atoms with Gasteiger partial charge in [-0.2, -0.15) is 0 Å². The number of carbonyl (C=O) groups is 3. The molecule has 0 bridgehead atoms. The van der Waals surface area contributed by atoms with Gasteiger partial charge in [-0.3, -0.25) is 9.59 Å². The number of hydrogen-bond acceptors (Lipinski definition) is 4. The van der Waals surface area contributed by atoms with Crippen molar-refractivity contribution in [3.05, 3.63) is 0 Å². The second kappa shape index (κ2) is 4.85. The summed E-state index contributed by atoms with van der Waals surface area (Å²) in [6.07, 6.45) is 1.60. The van der Waals surface area contributed by atoms with Crippen LogP contribution in [0.1, 0.15) is 47.0 Å². The Morgan fingerprint density at radius 2 is 2.06 bits per heavy atom. The SMILES string of the molecule is CCCC(C)(C)C(=O)ON1C(=O)CC(C)C1=O. The molecule has 5 heteroatoms. The standard InChI is InChI=1S/C12H19NO4/c1-5-6-12(3,4)11(16)17-13-9(14)7-8(2)10(13)15/h8H,5-7H2,1-4H3. The van der Waals surface area contributed by atoms with E-state index < -0.39 is 29.1 Å². The zero-order valence-corrected chi connectivity index (χ0v) is 10.8. The average molecular weight is 241 g/mol. The molecular weight excluding hydrogens is 222 g/mol. The van der Waals surface area contributed by atoms with E-state index in [0.29, 0.717) is 11.5 Å². The largest absolute Gasteiger partial charge is 0.338 e.